The molecule has 1 aromatic heterocycles. The van der Waals surface area contributed by atoms with Gasteiger partial charge < -0.3 is 0 Å². The molecule has 2 aliphatic rings. The van der Waals surface area contributed by atoms with Crippen molar-refractivity contribution in [3.05, 3.63) is 107 Å². The van der Waals surface area contributed by atoms with E-state index in [0.29, 0.717) is 5.41 Å². The van der Waals surface area contributed by atoms with Crippen molar-refractivity contribution < 1.29 is 0 Å². The molecule has 1 saturated carbocycles. The van der Waals surface area contributed by atoms with Crippen LogP contribution in [0.25, 0.3) is 5.57 Å². The van der Waals surface area contributed by atoms with Crippen LogP contribution in [0.3, 0.4) is 0 Å². The Hall–Kier alpha value is -2.67. The molecule has 0 atom stereocenters. The highest BCUT2D eigenvalue weighted by molar-refractivity contribution is 5.82. The first-order valence-electron chi connectivity index (χ1n) is 8.63. The highest BCUT2D eigenvalue weighted by Gasteiger charge is 2.50. The lowest BCUT2D eigenvalue weighted by Crippen LogP contribution is -2.46. The van der Waals surface area contributed by atoms with Crippen LogP contribution in [-0.4, -0.2) is 4.98 Å². The van der Waals surface area contributed by atoms with Crippen molar-refractivity contribution in [2.75, 3.05) is 0 Å². The second kappa shape index (κ2) is 5.17. The summed E-state index contributed by atoms with van der Waals surface area (Å²) in [6.07, 6.45) is 5.47. The minimum Gasteiger partial charge on any atom is -0.256 e. The van der Waals surface area contributed by atoms with E-state index in [0.717, 1.165) is 5.69 Å². The first-order valence-corrected chi connectivity index (χ1v) is 8.63. The van der Waals surface area contributed by atoms with E-state index in [4.69, 9.17) is 0 Å². The molecule has 1 spiro atoms. The number of fused-ring (bicyclic) bond motifs is 2. The van der Waals surface area contributed by atoms with E-state index in [2.05, 4.69) is 71.7 Å². The quantitative estimate of drug-likeness (QED) is 0.636. The van der Waals surface area contributed by atoms with Crippen LogP contribution in [0.4, 0.5) is 0 Å². The minimum absolute atomic E-state index is 0.404. The predicted octanol–water partition coefficient (Wildman–Crippen LogP) is 5.17. The van der Waals surface area contributed by atoms with Crippen LogP contribution >= 0.6 is 0 Å². The maximum absolute atomic E-state index is 4.64. The number of benzene rings is 2. The lowest BCUT2D eigenvalue weighted by atomic mass is 9.50. The van der Waals surface area contributed by atoms with Crippen LogP contribution < -0.4 is 0 Å². The topological polar surface area (TPSA) is 12.9 Å². The molecule has 3 aromatic rings. The number of nitrogens with zero attached hydrogens (tertiary/aromatic N) is 1. The van der Waals surface area contributed by atoms with Gasteiger partial charge in [0, 0.05) is 17.2 Å². The highest BCUT2D eigenvalue weighted by atomic mass is 14.7. The van der Waals surface area contributed by atoms with Crippen molar-refractivity contribution in [3.8, 4) is 0 Å². The van der Waals surface area contributed by atoms with Gasteiger partial charge in [-0.05, 0) is 48.1 Å². The molecule has 0 radical (unpaired) electrons. The normalized spacial score (nSPS) is 20.9. The van der Waals surface area contributed by atoms with Crippen LogP contribution in [0.2, 0.25) is 0 Å². The summed E-state index contributed by atoms with van der Waals surface area (Å²) in [5.74, 6) is 0. The Morgan fingerprint density at radius 1 is 0.750 bits per heavy atom. The molecule has 116 valence electrons. The molecule has 0 aliphatic heterocycles. The maximum Gasteiger partial charge on any atom is 0.0707 e. The third kappa shape index (κ3) is 1.98. The Balaban J connectivity index is 1.57. The summed E-state index contributed by atoms with van der Waals surface area (Å²) >= 11 is 0. The van der Waals surface area contributed by atoms with Crippen molar-refractivity contribution in [1.82, 2.24) is 4.98 Å². The molecule has 0 saturated heterocycles. The van der Waals surface area contributed by atoms with Gasteiger partial charge in [0.2, 0.25) is 0 Å². The van der Waals surface area contributed by atoms with Gasteiger partial charge in [-0.3, -0.25) is 4.98 Å². The Kier molecular flexibility index (Phi) is 2.96. The zero-order chi connectivity index (χ0) is 16.0. The van der Waals surface area contributed by atoms with Crippen LogP contribution in [-0.2, 0) is 11.8 Å². The Labute approximate surface area is 142 Å². The smallest absolute Gasteiger partial charge is 0.0707 e. The monoisotopic (exact) mass is 309 g/mol. The maximum atomic E-state index is 4.64. The van der Waals surface area contributed by atoms with Gasteiger partial charge in [0.25, 0.3) is 0 Å². The van der Waals surface area contributed by atoms with Gasteiger partial charge in [0.15, 0.2) is 0 Å². The van der Waals surface area contributed by atoms with Gasteiger partial charge in [-0.2, -0.15) is 0 Å². The second-order valence-corrected chi connectivity index (χ2v) is 7.03. The molecule has 1 fully saturated rings. The Morgan fingerprint density at radius 2 is 1.50 bits per heavy atom. The molecule has 0 N–H and O–H groups in total. The number of rotatable bonds is 2. The van der Waals surface area contributed by atoms with Gasteiger partial charge in [-0.15, -0.1) is 0 Å². The molecule has 0 bridgehead atoms. The lowest BCUT2D eigenvalue weighted by molar-refractivity contribution is 0.285. The number of aromatic nitrogens is 1. The van der Waals surface area contributed by atoms with E-state index in [1.54, 1.807) is 11.1 Å². The van der Waals surface area contributed by atoms with E-state index in [1.165, 1.54) is 36.0 Å². The van der Waals surface area contributed by atoms with Crippen LogP contribution in [0, 0.1) is 0 Å². The molecular weight excluding hydrogens is 290 g/mol. The SMILES string of the molecule is c1ccc(C(=C2CC3(C2)Cc2ccccc23)c2ccccn2)cc1. The summed E-state index contributed by atoms with van der Waals surface area (Å²) in [5, 5.41) is 0. The average Bonchev–Trinajstić information content (AvgIpc) is 2.59. The van der Waals surface area contributed by atoms with Crippen molar-refractivity contribution in [2.45, 2.75) is 24.7 Å². The van der Waals surface area contributed by atoms with Gasteiger partial charge >= 0.3 is 0 Å². The lowest BCUT2D eigenvalue weighted by Gasteiger charge is -2.53. The Bertz CT molecular complexity index is 873. The third-order valence-electron chi connectivity index (χ3n) is 5.56. The summed E-state index contributed by atoms with van der Waals surface area (Å²) in [5.41, 5.74) is 8.79. The molecule has 5 rings (SSSR count). The van der Waals surface area contributed by atoms with E-state index in [-0.39, 0.29) is 0 Å². The first kappa shape index (κ1) is 13.7. The van der Waals surface area contributed by atoms with Crippen LogP contribution in [0.5, 0.6) is 0 Å². The summed E-state index contributed by atoms with van der Waals surface area (Å²) < 4.78 is 0. The third-order valence-corrected chi connectivity index (χ3v) is 5.56. The summed E-state index contributed by atoms with van der Waals surface area (Å²) in [4.78, 5) is 4.64. The zero-order valence-electron chi connectivity index (χ0n) is 13.6. The number of hydrogen-bond donors (Lipinski definition) is 0. The average molecular weight is 309 g/mol. The summed E-state index contributed by atoms with van der Waals surface area (Å²) in [7, 11) is 0. The molecule has 1 nitrogen and oxygen atoms in total. The summed E-state index contributed by atoms with van der Waals surface area (Å²) in [6.45, 7) is 0. The molecule has 1 heteroatoms. The molecular formula is C23H19N. The second-order valence-electron chi connectivity index (χ2n) is 7.03. The molecule has 2 aromatic carbocycles. The van der Waals surface area contributed by atoms with Crippen LogP contribution in [0.15, 0.2) is 84.6 Å². The molecule has 0 amide bonds. The first-order chi connectivity index (χ1) is 11.9. The van der Waals surface area contributed by atoms with Crippen molar-refractivity contribution in [2.24, 2.45) is 0 Å². The predicted molar refractivity (Wildman–Crippen MR) is 97.8 cm³/mol. The fourth-order valence-electron chi connectivity index (χ4n) is 4.45. The van der Waals surface area contributed by atoms with E-state index >= 15 is 0 Å². The van der Waals surface area contributed by atoms with Crippen molar-refractivity contribution in [1.29, 1.82) is 0 Å². The highest BCUT2D eigenvalue weighted by Crippen LogP contribution is 2.58. The van der Waals surface area contributed by atoms with Gasteiger partial charge in [-0.1, -0.05) is 66.2 Å². The number of pyridine rings is 1. The molecule has 0 unspecified atom stereocenters. The van der Waals surface area contributed by atoms with Gasteiger partial charge in [-0.25, -0.2) is 0 Å². The Morgan fingerprint density at radius 3 is 2.25 bits per heavy atom. The fraction of sp³-hybridized carbons (Fsp3) is 0.174. The van der Waals surface area contributed by atoms with Crippen molar-refractivity contribution >= 4 is 5.57 Å². The summed E-state index contributed by atoms with van der Waals surface area (Å²) in [6, 6.07) is 25.9. The van der Waals surface area contributed by atoms with E-state index < -0.39 is 0 Å². The van der Waals surface area contributed by atoms with Gasteiger partial charge in [0.1, 0.15) is 0 Å². The zero-order valence-corrected chi connectivity index (χ0v) is 13.6. The number of allylic oxidation sites excluding steroid dienone is 1. The minimum atomic E-state index is 0.404. The fourth-order valence-corrected chi connectivity index (χ4v) is 4.45. The van der Waals surface area contributed by atoms with E-state index in [1.807, 2.05) is 12.3 Å². The largest absolute Gasteiger partial charge is 0.256 e. The van der Waals surface area contributed by atoms with Crippen molar-refractivity contribution in [3.63, 3.8) is 0 Å². The molecule has 1 heterocycles. The van der Waals surface area contributed by atoms with Crippen LogP contribution in [0.1, 0.15) is 35.2 Å². The molecule has 2 aliphatic carbocycles. The van der Waals surface area contributed by atoms with E-state index in [9.17, 15) is 0 Å². The standard InChI is InChI=1S/C23H19N/c1-2-8-17(9-3-1)22(21-12-6-7-13-24-21)19-15-23(16-19)14-18-10-4-5-11-20(18)23/h1-13H,14-16H2. The van der Waals surface area contributed by atoms with Gasteiger partial charge in [0.05, 0.1) is 5.69 Å². The molecule has 24 heavy (non-hydrogen) atoms. The number of hydrogen-bond acceptors (Lipinski definition) is 1.